The minimum Gasteiger partial charge on any atom is -0.508 e. The number of halogens is 1. The van der Waals surface area contributed by atoms with Crippen molar-refractivity contribution in [1.29, 1.82) is 0 Å². The fraction of sp³-hybridized carbons (Fsp3) is 0.174. The van der Waals surface area contributed by atoms with E-state index in [9.17, 15) is 24.6 Å². The number of hydrogen-bond acceptors (Lipinski definition) is 6. The quantitative estimate of drug-likeness (QED) is 0.304. The molecule has 0 saturated carbocycles. The standard InChI is InChI=1S/C23H19ClN2O7/c1-11-4-22(29)33-19-8-20(16(24)7-14(11)19)32-10-21(28)26-18(23(30)31)5-12-9-25-17-3-2-13(27)6-15(12)17/h2-4,6-9,18,25,27H,5,10H2,1H3,(H,26,28)(H,30,31)/t18-/m1/s1. The van der Waals surface area contributed by atoms with Crippen LogP contribution in [0.25, 0.3) is 21.9 Å². The number of fused-ring (bicyclic) bond motifs is 2. The molecule has 0 fully saturated rings. The molecule has 0 unspecified atom stereocenters. The molecule has 4 N–H and O–H groups in total. The van der Waals surface area contributed by atoms with Crippen LogP contribution >= 0.6 is 11.6 Å². The zero-order valence-electron chi connectivity index (χ0n) is 17.3. The third-order valence-corrected chi connectivity index (χ3v) is 5.47. The number of carboxylic acids is 1. The first-order valence-electron chi connectivity index (χ1n) is 9.89. The molecular formula is C23H19ClN2O7. The lowest BCUT2D eigenvalue weighted by Crippen LogP contribution is -2.44. The molecule has 2 heterocycles. The van der Waals surface area contributed by atoms with E-state index in [2.05, 4.69) is 10.3 Å². The molecule has 9 nitrogen and oxygen atoms in total. The second-order valence-corrected chi connectivity index (χ2v) is 7.93. The van der Waals surface area contributed by atoms with Crippen LogP contribution in [0, 0.1) is 6.92 Å². The Balaban J connectivity index is 1.46. The molecule has 4 aromatic rings. The van der Waals surface area contributed by atoms with E-state index in [1.807, 2.05) is 0 Å². The number of aromatic amines is 1. The maximum Gasteiger partial charge on any atom is 0.336 e. The summed E-state index contributed by atoms with van der Waals surface area (Å²) in [6.07, 6.45) is 1.62. The lowest BCUT2D eigenvalue weighted by molar-refractivity contribution is -0.142. The van der Waals surface area contributed by atoms with E-state index in [0.29, 0.717) is 21.9 Å². The van der Waals surface area contributed by atoms with Crippen LogP contribution in [0.2, 0.25) is 5.02 Å². The van der Waals surface area contributed by atoms with Crippen LogP contribution in [0.1, 0.15) is 11.1 Å². The van der Waals surface area contributed by atoms with Crippen LogP contribution in [-0.4, -0.2) is 39.7 Å². The van der Waals surface area contributed by atoms with Gasteiger partial charge in [0.2, 0.25) is 0 Å². The van der Waals surface area contributed by atoms with Crippen molar-refractivity contribution in [3.63, 3.8) is 0 Å². The summed E-state index contributed by atoms with van der Waals surface area (Å²) in [5.41, 5.74) is 1.76. The number of hydrogen-bond donors (Lipinski definition) is 4. The molecular weight excluding hydrogens is 452 g/mol. The van der Waals surface area contributed by atoms with E-state index < -0.39 is 30.2 Å². The number of rotatable bonds is 7. The van der Waals surface area contributed by atoms with Crippen LogP contribution < -0.4 is 15.7 Å². The number of ether oxygens (including phenoxy) is 1. The van der Waals surface area contributed by atoms with Gasteiger partial charge in [0, 0.05) is 41.0 Å². The minimum atomic E-state index is -1.23. The Hall–Kier alpha value is -3.98. The molecule has 2 aromatic carbocycles. The van der Waals surface area contributed by atoms with Gasteiger partial charge < -0.3 is 29.7 Å². The van der Waals surface area contributed by atoms with Crippen LogP contribution in [0.4, 0.5) is 0 Å². The lowest BCUT2D eigenvalue weighted by atomic mass is 10.0. The fourth-order valence-electron chi connectivity index (χ4n) is 3.56. The molecule has 1 atom stereocenters. The molecule has 33 heavy (non-hydrogen) atoms. The first-order valence-corrected chi connectivity index (χ1v) is 10.3. The SMILES string of the molecule is Cc1cc(=O)oc2cc(OCC(=O)N[C@H](Cc3c[nH]c4ccc(O)cc34)C(=O)O)c(Cl)cc12. The summed E-state index contributed by atoms with van der Waals surface area (Å²) >= 11 is 6.22. The smallest absolute Gasteiger partial charge is 0.336 e. The Bertz CT molecular complexity index is 1440. The number of carboxylic acid groups (broad SMARTS) is 1. The zero-order chi connectivity index (χ0) is 23.7. The van der Waals surface area contributed by atoms with Crippen LogP contribution in [-0.2, 0) is 16.0 Å². The van der Waals surface area contributed by atoms with Crippen molar-refractivity contribution in [1.82, 2.24) is 10.3 Å². The van der Waals surface area contributed by atoms with Crippen molar-refractivity contribution >= 4 is 45.3 Å². The normalized spacial score (nSPS) is 12.1. The summed E-state index contributed by atoms with van der Waals surface area (Å²) in [7, 11) is 0. The summed E-state index contributed by atoms with van der Waals surface area (Å²) < 4.78 is 10.6. The van der Waals surface area contributed by atoms with Crippen molar-refractivity contribution in [2.24, 2.45) is 0 Å². The molecule has 2 aromatic heterocycles. The van der Waals surface area contributed by atoms with Crippen LogP contribution in [0.5, 0.6) is 11.5 Å². The monoisotopic (exact) mass is 470 g/mol. The van der Waals surface area contributed by atoms with Crippen molar-refractivity contribution in [3.8, 4) is 11.5 Å². The third-order valence-electron chi connectivity index (χ3n) is 5.17. The summed E-state index contributed by atoms with van der Waals surface area (Å²) in [4.78, 5) is 38.7. The van der Waals surface area contributed by atoms with Gasteiger partial charge in [0.05, 0.1) is 5.02 Å². The first kappa shape index (κ1) is 22.2. The number of aromatic hydroxyl groups is 1. The Morgan fingerprint density at radius 1 is 1.21 bits per heavy atom. The Morgan fingerprint density at radius 3 is 2.76 bits per heavy atom. The van der Waals surface area contributed by atoms with Gasteiger partial charge in [-0.05, 0) is 42.3 Å². The molecule has 170 valence electrons. The topological polar surface area (TPSA) is 142 Å². The van der Waals surface area contributed by atoms with Crippen molar-refractivity contribution < 1.29 is 29.0 Å². The molecule has 4 rings (SSSR count). The van der Waals surface area contributed by atoms with Crippen molar-refractivity contribution in [3.05, 3.63) is 69.2 Å². The Kier molecular flexibility index (Phi) is 5.97. The number of carbonyl (C=O) groups excluding carboxylic acids is 1. The average molecular weight is 471 g/mol. The van der Waals surface area contributed by atoms with Gasteiger partial charge in [-0.25, -0.2) is 9.59 Å². The lowest BCUT2D eigenvalue weighted by Gasteiger charge is -2.15. The number of H-pyrrole nitrogens is 1. The predicted octanol–water partition coefficient (Wildman–Crippen LogP) is 3.13. The fourth-order valence-corrected chi connectivity index (χ4v) is 3.78. The number of phenols is 1. The van der Waals surface area contributed by atoms with Crippen molar-refractivity contribution in [2.45, 2.75) is 19.4 Å². The Labute approximate surface area is 191 Å². The average Bonchev–Trinajstić information content (AvgIpc) is 3.14. The first-order chi connectivity index (χ1) is 15.7. The summed E-state index contributed by atoms with van der Waals surface area (Å²) in [5, 5.41) is 23.2. The highest BCUT2D eigenvalue weighted by Gasteiger charge is 2.22. The number of benzene rings is 2. The number of carbonyl (C=O) groups is 2. The molecule has 0 saturated heterocycles. The molecule has 0 radical (unpaired) electrons. The summed E-state index contributed by atoms with van der Waals surface area (Å²) in [6.45, 7) is 1.24. The van der Waals surface area contributed by atoms with Crippen LogP contribution in [0.3, 0.4) is 0 Å². The number of aromatic nitrogens is 1. The van der Waals surface area contributed by atoms with Gasteiger partial charge in [-0.2, -0.15) is 0 Å². The van der Waals surface area contributed by atoms with E-state index in [1.54, 1.807) is 25.3 Å². The van der Waals surface area contributed by atoms with Crippen molar-refractivity contribution in [2.75, 3.05) is 6.61 Å². The number of nitrogens with one attached hydrogen (secondary N) is 2. The number of amides is 1. The Morgan fingerprint density at radius 2 is 2.00 bits per heavy atom. The third kappa shape index (κ3) is 4.78. The largest absolute Gasteiger partial charge is 0.508 e. The zero-order valence-corrected chi connectivity index (χ0v) is 18.1. The molecule has 0 aliphatic heterocycles. The van der Waals surface area contributed by atoms with Gasteiger partial charge in [0.1, 0.15) is 23.1 Å². The summed E-state index contributed by atoms with van der Waals surface area (Å²) in [6, 6.07) is 7.80. The highest BCUT2D eigenvalue weighted by Crippen LogP contribution is 2.31. The van der Waals surface area contributed by atoms with Gasteiger partial charge in [-0.3, -0.25) is 4.79 Å². The van der Waals surface area contributed by atoms with E-state index in [1.165, 1.54) is 24.3 Å². The molecule has 1 amide bonds. The van der Waals surface area contributed by atoms with E-state index >= 15 is 0 Å². The van der Waals surface area contributed by atoms with Gasteiger partial charge in [-0.15, -0.1) is 0 Å². The van der Waals surface area contributed by atoms with Gasteiger partial charge in [0.25, 0.3) is 5.91 Å². The second kappa shape index (κ2) is 8.87. The minimum absolute atomic E-state index is 0.00824. The molecule has 0 aliphatic carbocycles. The van der Waals surface area contributed by atoms with E-state index in [4.69, 9.17) is 20.8 Å². The highest BCUT2D eigenvalue weighted by molar-refractivity contribution is 6.32. The van der Waals surface area contributed by atoms with Gasteiger partial charge >= 0.3 is 11.6 Å². The molecule has 0 bridgehead atoms. The second-order valence-electron chi connectivity index (χ2n) is 7.52. The highest BCUT2D eigenvalue weighted by atomic mass is 35.5. The molecule has 0 spiro atoms. The molecule has 10 heteroatoms. The van der Waals surface area contributed by atoms with E-state index in [-0.39, 0.29) is 28.5 Å². The maximum atomic E-state index is 12.4. The molecule has 0 aliphatic rings. The summed E-state index contributed by atoms with van der Waals surface area (Å²) in [5.74, 6) is -1.73. The number of aliphatic carboxylic acids is 1. The number of phenolic OH excluding ortho intramolecular Hbond substituents is 1. The van der Waals surface area contributed by atoms with Gasteiger partial charge in [-0.1, -0.05) is 11.6 Å². The van der Waals surface area contributed by atoms with Crippen LogP contribution in [0.15, 0.2) is 51.8 Å². The number of aryl methyl sites for hydroxylation is 1. The maximum absolute atomic E-state index is 12.4. The predicted molar refractivity (Wildman–Crippen MR) is 121 cm³/mol. The van der Waals surface area contributed by atoms with E-state index in [0.717, 1.165) is 5.52 Å². The van der Waals surface area contributed by atoms with Gasteiger partial charge in [0.15, 0.2) is 6.61 Å².